The molecule has 1 amide bonds. The highest BCUT2D eigenvalue weighted by atomic mass is 32.2. The van der Waals surface area contributed by atoms with Crippen LogP contribution in [0.1, 0.15) is 27.7 Å². The zero-order chi connectivity index (χ0) is 13.3. The van der Waals surface area contributed by atoms with Crippen molar-refractivity contribution in [2.45, 2.75) is 38.8 Å². The van der Waals surface area contributed by atoms with Gasteiger partial charge in [0.15, 0.2) is 0 Å². The molecular formula is C10H19NO5S. The van der Waals surface area contributed by atoms with Gasteiger partial charge >= 0.3 is 6.09 Å². The van der Waals surface area contributed by atoms with Crippen molar-refractivity contribution in [1.29, 1.82) is 0 Å². The van der Waals surface area contributed by atoms with Crippen LogP contribution in [-0.2, 0) is 24.9 Å². The van der Waals surface area contributed by atoms with E-state index in [4.69, 9.17) is 13.7 Å². The maximum absolute atomic E-state index is 11.9. The normalized spacial score (nSPS) is 29.5. The van der Waals surface area contributed by atoms with Crippen LogP contribution in [0.5, 0.6) is 0 Å². The molecule has 0 N–H and O–H groups in total. The molecule has 17 heavy (non-hydrogen) atoms. The Hall–Kier alpha value is -0.660. The molecule has 0 aromatic heterocycles. The van der Waals surface area contributed by atoms with Gasteiger partial charge in [-0.3, -0.25) is 4.18 Å². The molecule has 1 saturated heterocycles. The van der Waals surface area contributed by atoms with E-state index in [2.05, 4.69) is 0 Å². The number of hydrogen-bond acceptors (Lipinski definition) is 5. The summed E-state index contributed by atoms with van der Waals surface area (Å²) in [6, 6.07) is 0. The van der Waals surface area contributed by atoms with Crippen molar-refractivity contribution in [3.8, 4) is 0 Å². The molecule has 0 radical (unpaired) electrons. The lowest BCUT2D eigenvalue weighted by molar-refractivity contribution is 0.0129. The molecule has 7 heteroatoms. The average Bonchev–Trinajstić information content (AvgIpc) is 2.39. The molecule has 0 bridgehead atoms. The monoisotopic (exact) mass is 265 g/mol. The molecule has 0 aromatic rings. The molecule has 0 aromatic carbocycles. The van der Waals surface area contributed by atoms with E-state index in [0.29, 0.717) is 0 Å². The van der Waals surface area contributed by atoms with Gasteiger partial charge in [0.25, 0.3) is 11.3 Å². The molecule has 2 unspecified atom stereocenters. The SMILES string of the molecule is COCC1(C)COS(=O)N1C(=O)OC(C)(C)C. The number of carbonyl (C=O) groups excluding carboxylic acids is 1. The molecule has 0 saturated carbocycles. The molecule has 2 atom stereocenters. The Balaban J connectivity index is 2.85. The predicted octanol–water partition coefficient (Wildman–Crippen LogP) is 1.24. The Bertz CT molecular complexity index is 327. The summed E-state index contributed by atoms with van der Waals surface area (Å²) in [5, 5.41) is 0. The Kier molecular flexibility index (Phi) is 4.16. The molecule has 6 nitrogen and oxygen atoms in total. The molecule has 0 spiro atoms. The highest BCUT2D eigenvalue weighted by Crippen LogP contribution is 2.28. The molecule has 1 aliphatic heterocycles. The lowest BCUT2D eigenvalue weighted by Crippen LogP contribution is -2.51. The van der Waals surface area contributed by atoms with E-state index < -0.39 is 28.5 Å². The van der Waals surface area contributed by atoms with Gasteiger partial charge in [-0.2, -0.15) is 4.31 Å². The summed E-state index contributed by atoms with van der Waals surface area (Å²) in [6.45, 7) is 7.38. The smallest absolute Gasteiger partial charge is 0.424 e. The Morgan fingerprint density at radius 2 is 2.12 bits per heavy atom. The van der Waals surface area contributed by atoms with Crippen LogP contribution in [0.2, 0.25) is 0 Å². The molecule has 1 heterocycles. The third-order valence-electron chi connectivity index (χ3n) is 2.12. The van der Waals surface area contributed by atoms with Crippen molar-refractivity contribution in [2.24, 2.45) is 0 Å². The summed E-state index contributed by atoms with van der Waals surface area (Å²) in [5.41, 5.74) is -1.40. The first-order valence-corrected chi connectivity index (χ1v) is 6.30. The van der Waals surface area contributed by atoms with Gasteiger partial charge < -0.3 is 9.47 Å². The maximum Gasteiger partial charge on any atom is 0.424 e. The van der Waals surface area contributed by atoms with Crippen LogP contribution in [-0.4, -0.2) is 46.1 Å². The predicted molar refractivity (Wildman–Crippen MR) is 62.4 cm³/mol. The van der Waals surface area contributed by atoms with Crippen molar-refractivity contribution in [3.05, 3.63) is 0 Å². The standard InChI is InChI=1S/C10H19NO5S/c1-9(2,3)16-8(12)11-10(4,6-14-5)7-15-17(11)13/h6-7H2,1-5H3. The fourth-order valence-electron chi connectivity index (χ4n) is 1.46. The van der Waals surface area contributed by atoms with Crippen molar-refractivity contribution in [1.82, 2.24) is 4.31 Å². The minimum absolute atomic E-state index is 0.159. The number of hydrogen-bond donors (Lipinski definition) is 0. The number of methoxy groups -OCH3 is 1. The first-order chi connectivity index (χ1) is 7.69. The first kappa shape index (κ1) is 14.4. The second-order valence-electron chi connectivity index (χ2n) is 5.18. The van der Waals surface area contributed by atoms with Gasteiger partial charge in [0.1, 0.15) is 11.1 Å². The minimum Gasteiger partial charge on any atom is -0.443 e. The molecule has 1 fully saturated rings. The van der Waals surface area contributed by atoms with Crippen LogP contribution < -0.4 is 0 Å². The quantitative estimate of drug-likeness (QED) is 0.751. The van der Waals surface area contributed by atoms with Gasteiger partial charge in [0, 0.05) is 7.11 Å². The van der Waals surface area contributed by atoms with E-state index >= 15 is 0 Å². The average molecular weight is 265 g/mol. The van der Waals surface area contributed by atoms with Crippen molar-refractivity contribution in [3.63, 3.8) is 0 Å². The molecule has 0 aliphatic carbocycles. The van der Waals surface area contributed by atoms with E-state index in [-0.39, 0.29) is 13.2 Å². The summed E-state index contributed by atoms with van der Waals surface area (Å²) in [4.78, 5) is 11.9. The topological polar surface area (TPSA) is 65.1 Å². The summed E-state index contributed by atoms with van der Waals surface area (Å²) >= 11 is -1.82. The fraction of sp³-hybridized carbons (Fsp3) is 0.900. The number of nitrogens with zero attached hydrogens (tertiary/aromatic N) is 1. The van der Waals surface area contributed by atoms with Gasteiger partial charge in [0.05, 0.1) is 13.2 Å². The van der Waals surface area contributed by atoms with Crippen molar-refractivity contribution >= 4 is 17.4 Å². The largest absolute Gasteiger partial charge is 0.443 e. The minimum atomic E-state index is -1.82. The highest BCUT2D eigenvalue weighted by molar-refractivity contribution is 7.78. The Morgan fingerprint density at radius 1 is 1.53 bits per heavy atom. The van der Waals surface area contributed by atoms with Gasteiger partial charge in [-0.15, -0.1) is 0 Å². The third kappa shape index (κ3) is 3.40. The zero-order valence-corrected chi connectivity index (χ0v) is 11.6. The number of amides is 1. The van der Waals surface area contributed by atoms with Crippen LogP contribution in [0.4, 0.5) is 4.79 Å². The lowest BCUT2D eigenvalue weighted by Gasteiger charge is -2.31. The van der Waals surface area contributed by atoms with Gasteiger partial charge in [-0.05, 0) is 27.7 Å². The highest BCUT2D eigenvalue weighted by Gasteiger charge is 2.48. The van der Waals surface area contributed by atoms with Crippen LogP contribution in [0.3, 0.4) is 0 Å². The molecule has 1 rings (SSSR count). The molecular weight excluding hydrogens is 246 g/mol. The second kappa shape index (κ2) is 4.91. The third-order valence-corrected chi connectivity index (χ3v) is 3.33. The fourth-order valence-corrected chi connectivity index (χ4v) is 2.55. The summed E-state index contributed by atoms with van der Waals surface area (Å²) in [6.07, 6.45) is -0.659. The van der Waals surface area contributed by atoms with Crippen LogP contribution in [0, 0.1) is 0 Å². The summed E-state index contributed by atoms with van der Waals surface area (Å²) in [7, 11) is 1.51. The van der Waals surface area contributed by atoms with Crippen molar-refractivity contribution < 1.29 is 22.7 Å². The number of rotatable bonds is 2. The first-order valence-electron chi connectivity index (χ1n) is 5.27. The number of carbonyl (C=O) groups is 1. The van der Waals surface area contributed by atoms with E-state index in [9.17, 15) is 9.00 Å². The van der Waals surface area contributed by atoms with E-state index in [1.54, 1.807) is 27.7 Å². The van der Waals surface area contributed by atoms with Gasteiger partial charge in [-0.25, -0.2) is 9.00 Å². The summed E-state index contributed by atoms with van der Waals surface area (Å²) in [5.74, 6) is 0. The van der Waals surface area contributed by atoms with Gasteiger partial charge in [0.2, 0.25) is 0 Å². The summed E-state index contributed by atoms with van der Waals surface area (Å²) < 4.78 is 27.9. The molecule has 1 aliphatic rings. The van der Waals surface area contributed by atoms with Crippen LogP contribution in [0.15, 0.2) is 0 Å². The maximum atomic E-state index is 11.9. The van der Waals surface area contributed by atoms with Crippen LogP contribution >= 0.6 is 0 Å². The van der Waals surface area contributed by atoms with Gasteiger partial charge in [-0.1, -0.05) is 0 Å². The van der Waals surface area contributed by atoms with Crippen LogP contribution in [0.25, 0.3) is 0 Å². The second-order valence-corrected chi connectivity index (χ2v) is 6.22. The van der Waals surface area contributed by atoms with E-state index in [1.165, 1.54) is 7.11 Å². The van der Waals surface area contributed by atoms with E-state index in [1.807, 2.05) is 0 Å². The number of ether oxygens (including phenoxy) is 2. The molecule has 100 valence electrons. The van der Waals surface area contributed by atoms with Crippen molar-refractivity contribution in [2.75, 3.05) is 20.3 Å². The Morgan fingerprint density at radius 3 is 2.59 bits per heavy atom. The lowest BCUT2D eigenvalue weighted by atomic mass is 10.1. The van der Waals surface area contributed by atoms with E-state index in [0.717, 1.165) is 4.31 Å². The zero-order valence-electron chi connectivity index (χ0n) is 10.8. The Labute approximate surface area is 104 Å².